The summed E-state index contributed by atoms with van der Waals surface area (Å²) in [5.74, 6) is 0.702. The zero-order chi connectivity index (χ0) is 10.6. The second-order valence-electron chi connectivity index (χ2n) is 4.04. The van der Waals surface area contributed by atoms with Gasteiger partial charge in [0.25, 0.3) is 0 Å². The quantitative estimate of drug-likeness (QED) is 0.780. The molecule has 1 atom stereocenters. The van der Waals surface area contributed by atoms with Crippen molar-refractivity contribution in [2.45, 2.75) is 39.8 Å². The first-order valence-electron chi connectivity index (χ1n) is 5.38. The second-order valence-corrected chi connectivity index (χ2v) is 4.04. The molecule has 0 aliphatic carbocycles. The van der Waals surface area contributed by atoms with Gasteiger partial charge < -0.3 is 5.32 Å². The molecule has 0 radical (unpaired) electrons. The summed E-state index contributed by atoms with van der Waals surface area (Å²) in [6, 6.07) is 2.53. The van der Waals surface area contributed by atoms with Crippen LogP contribution < -0.4 is 5.32 Å². The highest BCUT2D eigenvalue weighted by molar-refractivity contribution is 5.06. The summed E-state index contributed by atoms with van der Waals surface area (Å²) in [4.78, 5) is 0. The van der Waals surface area contributed by atoms with Crippen LogP contribution in [0.25, 0.3) is 0 Å². The maximum atomic E-state index is 4.29. The van der Waals surface area contributed by atoms with E-state index < -0.39 is 0 Å². The number of hydrogen-bond acceptors (Lipinski definition) is 2. The van der Waals surface area contributed by atoms with Gasteiger partial charge in [0.15, 0.2) is 0 Å². The molecule has 3 nitrogen and oxygen atoms in total. The topological polar surface area (TPSA) is 29.9 Å². The van der Waals surface area contributed by atoms with Crippen molar-refractivity contribution in [2.75, 3.05) is 7.05 Å². The lowest BCUT2D eigenvalue weighted by atomic mass is 10.0. The summed E-state index contributed by atoms with van der Waals surface area (Å²) in [6.45, 7) is 7.56. The molecule has 0 saturated carbocycles. The molecule has 1 heterocycles. The van der Waals surface area contributed by atoms with Crippen molar-refractivity contribution >= 4 is 0 Å². The van der Waals surface area contributed by atoms with Crippen LogP contribution in [0.1, 0.15) is 38.9 Å². The van der Waals surface area contributed by atoms with Gasteiger partial charge in [0.05, 0.1) is 5.69 Å². The van der Waals surface area contributed by atoms with Gasteiger partial charge >= 0.3 is 0 Å². The maximum Gasteiger partial charge on any atom is 0.0553 e. The Bertz CT molecular complexity index is 265. The Morgan fingerprint density at radius 2 is 2.21 bits per heavy atom. The van der Waals surface area contributed by atoms with Gasteiger partial charge in [0.2, 0.25) is 0 Å². The van der Waals surface area contributed by atoms with Gasteiger partial charge in [-0.25, -0.2) is 0 Å². The van der Waals surface area contributed by atoms with E-state index in [-0.39, 0.29) is 0 Å². The fraction of sp³-hybridized carbons (Fsp3) is 0.727. The zero-order valence-corrected chi connectivity index (χ0v) is 9.62. The van der Waals surface area contributed by atoms with Crippen LogP contribution in [0.15, 0.2) is 12.3 Å². The van der Waals surface area contributed by atoms with Crippen molar-refractivity contribution < 1.29 is 0 Å². The van der Waals surface area contributed by atoms with Gasteiger partial charge in [-0.2, -0.15) is 5.10 Å². The lowest BCUT2D eigenvalue weighted by molar-refractivity contribution is 0.426. The largest absolute Gasteiger partial charge is 0.312 e. The minimum absolute atomic E-state index is 0.428. The normalized spacial score (nSPS) is 13.5. The number of rotatable bonds is 5. The third-order valence-corrected chi connectivity index (χ3v) is 2.46. The van der Waals surface area contributed by atoms with Gasteiger partial charge in [0.1, 0.15) is 0 Å². The third kappa shape index (κ3) is 2.58. The fourth-order valence-electron chi connectivity index (χ4n) is 1.76. The Hall–Kier alpha value is -0.830. The maximum absolute atomic E-state index is 4.29. The van der Waals surface area contributed by atoms with Crippen molar-refractivity contribution in [1.29, 1.82) is 0 Å². The first-order chi connectivity index (χ1) is 6.69. The van der Waals surface area contributed by atoms with Crippen LogP contribution in [-0.4, -0.2) is 16.8 Å². The zero-order valence-electron chi connectivity index (χ0n) is 9.62. The van der Waals surface area contributed by atoms with Crippen LogP contribution in [0.5, 0.6) is 0 Å². The van der Waals surface area contributed by atoms with Gasteiger partial charge in [-0.15, -0.1) is 0 Å². The van der Waals surface area contributed by atoms with E-state index in [1.165, 1.54) is 5.69 Å². The minimum atomic E-state index is 0.428. The van der Waals surface area contributed by atoms with Crippen LogP contribution in [0.4, 0.5) is 0 Å². The smallest absolute Gasteiger partial charge is 0.0553 e. The third-order valence-electron chi connectivity index (χ3n) is 2.46. The summed E-state index contributed by atoms with van der Waals surface area (Å²) < 4.78 is 2.06. The number of aromatic nitrogens is 2. The predicted molar refractivity (Wildman–Crippen MR) is 59.2 cm³/mol. The highest BCUT2D eigenvalue weighted by Gasteiger charge is 2.14. The SMILES string of the molecule is CCn1nccc1C(CC(C)C)NC. The second kappa shape index (κ2) is 5.15. The summed E-state index contributed by atoms with van der Waals surface area (Å²) in [6.07, 6.45) is 3.03. The van der Waals surface area contributed by atoms with Crippen molar-refractivity contribution in [3.8, 4) is 0 Å². The molecule has 3 heteroatoms. The molecule has 0 fully saturated rings. The Morgan fingerprint density at radius 1 is 1.50 bits per heavy atom. The van der Waals surface area contributed by atoms with Gasteiger partial charge in [-0.3, -0.25) is 4.68 Å². The fourth-order valence-corrected chi connectivity index (χ4v) is 1.76. The van der Waals surface area contributed by atoms with Gasteiger partial charge in [-0.1, -0.05) is 13.8 Å². The standard InChI is InChI=1S/C11H21N3/c1-5-14-11(6-7-13-14)10(12-4)8-9(2)3/h6-7,9-10,12H,5,8H2,1-4H3. The minimum Gasteiger partial charge on any atom is -0.312 e. The van der Waals surface area contributed by atoms with Crippen molar-refractivity contribution in [1.82, 2.24) is 15.1 Å². The van der Waals surface area contributed by atoms with Crippen molar-refractivity contribution in [3.63, 3.8) is 0 Å². The molecule has 0 saturated heterocycles. The Balaban J connectivity index is 2.77. The average Bonchev–Trinajstić information content (AvgIpc) is 2.61. The molecular formula is C11H21N3. The molecule has 1 aromatic rings. The van der Waals surface area contributed by atoms with E-state index in [2.05, 4.69) is 41.9 Å². The first kappa shape index (κ1) is 11.2. The summed E-state index contributed by atoms with van der Waals surface area (Å²) in [7, 11) is 2.01. The van der Waals surface area contributed by atoms with Crippen LogP contribution in [0.2, 0.25) is 0 Å². The lowest BCUT2D eigenvalue weighted by Gasteiger charge is -2.19. The molecule has 0 amide bonds. The molecular weight excluding hydrogens is 174 g/mol. The Labute approximate surface area is 86.5 Å². The van der Waals surface area contributed by atoms with Gasteiger partial charge in [-0.05, 0) is 32.4 Å². The van der Waals surface area contributed by atoms with E-state index in [0.29, 0.717) is 12.0 Å². The van der Waals surface area contributed by atoms with Crippen molar-refractivity contribution in [2.24, 2.45) is 5.92 Å². The lowest BCUT2D eigenvalue weighted by Crippen LogP contribution is -2.21. The average molecular weight is 195 g/mol. The molecule has 0 aromatic carbocycles. The van der Waals surface area contributed by atoms with Crippen LogP contribution >= 0.6 is 0 Å². The number of nitrogens with one attached hydrogen (secondary N) is 1. The summed E-state index contributed by atoms with van der Waals surface area (Å²) in [5.41, 5.74) is 1.30. The molecule has 1 rings (SSSR count). The first-order valence-corrected chi connectivity index (χ1v) is 5.38. The van der Waals surface area contributed by atoms with Crippen LogP contribution in [0, 0.1) is 5.92 Å². The summed E-state index contributed by atoms with van der Waals surface area (Å²) >= 11 is 0. The Morgan fingerprint density at radius 3 is 2.71 bits per heavy atom. The predicted octanol–water partition coefficient (Wildman–Crippen LogP) is 2.21. The van der Waals surface area contributed by atoms with E-state index in [4.69, 9.17) is 0 Å². The van der Waals surface area contributed by atoms with Crippen molar-refractivity contribution in [3.05, 3.63) is 18.0 Å². The van der Waals surface area contributed by atoms with E-state index >= 15 is 0 Å². The van der Waals surface area contributed by atoms with E-state index in [1.54, 1.807) is 0 Å². The molecule has 0 bridgehead atoms. The molecule has 1 unspecified atom stereocenters. The highest BCUT2D eigenvalue weighted by Crippen LogP contribution is 2.20. The summed E-state index contributed by atoms with van der Waals surface area (Å²) in [5, 5.41) is 7.64. The molecule has 1 aromatic heterocycles. The number of hydrogen-bond donors (Lipinski definition) is 1. The van der Waals surface area contributed by atoms with E-state index in [0.717, 1.165) is 13.0 Å². The molecule has 0 aliphatic rings. The van der Waals surface area contributed by atoms with Crippen LogP contribution in [0.3, 0.4) is 0 Å². The highest BCUT2D eigenvalue weighted by atomic mass is 15.3. The van der Waals surface area contributed by atoms with Crippen LogP contribution in [-0.2, 0) is 6.54 Å². The molecule has 1 N–H and O–H groups in total. The number of aryl methyl sites for hydroxylation is 1. The molecule has 80 valence electrons. The monoisotopic (exact) mass is 195 g/mol. The molecule has 0 spiro atoms. The Kier molecular flexibility index (Phi) is 4.14. The molecule has 0 aliphatic heterocycles. The number of nitrogens with zero attached hydrogens (tertiary/aromatic N) is 2. The van der Waals surface area contributed by atoms with Gasteiger partial charge in [0, 0.05) is 18.8 Å². The van der Waals surface area contributed by atoms with E-state index in [9.17, 15) is 0 Å². The molecule has 14 heavy (non-hydrogen) atoms. The van der Waals surface area contributed by atoms with E-state index in [1.807, 2.05) is 13.2 Å².